The minimum atomic E-state index is -0.594. The zero-order valence-corrected chi connectivity index (χ0v) is 15.4. The van der Waals surface area contributed by atoms with Crippen molar-refractivity contribution in [1.82, 2.24) is 0 Å². The van der Waals surface area contributed by atoms with Gasteiger partial charge in [0, 0.05) is 18.3 Å². The summed E-state index contributed by atoms with van der Waals surface area (Å²) in [5, 5.41) is 8.49. The third-order valence-electron chi connectivity index (χ3n) is 4.06. The summed E-state index contributed by atoms with van der Waals surface area (Å²) in [5.74, 6) is -0.269. The molecule has 3 rings (SSSR count). The van der Waals surface area contributed by atoms with Gasteiger partial charge in [0.15, 0.2) is 0 Å². The van der Waals surface area contributed by atoms with Crippen LogP contribution in [-0.2, 0) is 11.3 Å². The summed E-state index contributed by atoms with van der Waals surface area (Å²) >= 11 is 0. The summed E-state index contributed by atoms with van der Waals surface area (Å²) in [7, 11) is 1.81. The number of anilines is 3. The molecule has 2 amide bonds. The number of rotatable bonds is 6. The number of hydrogen-bond acceptors (Lipinski definition) is 4. The fourth-order valence-electron chi connectivity index (χ4n) is 2.55. The standard InChI is InChI=1S/C22H21N3O3/c1-23-18-13-11-17(12-14-18)21(26)24-19-9-5-6-10-20(19)25-22(27)28-15-16-7-3-2-4-8-16/h2-14,23H,15H2,1H3,(H,24,26)(H,25,27). The van der Waals surface area contributed by atoms with E-state index < -0.39 is 6.09 Å². The Kier molecular flexibility index (Phi) is 6.25. The normalized spacial score (nSPS) is 10.0. The number of para-hydroxylation sites is 2. The Hall–Kier alpha value is -3.80. The van der Waals surface area contributed by atoms with Crippen molar-refractivity contribution >= 4 is 29.1 Å². The van der Waals surface area contributed by atoms with Crippen molar-refractivity contribution in [3.05, 3.63) is 90.0 Å². The smallest absolute Gasteiger partial charge is 0.412 e. The van der Waals surface area contributed by atoms with Crippen molar-refractivity contribution in [2.45, 2.75) is 6.61 Å². The molecule has 3 aromatic carbocycles. The van der Waals surface area contributed by atoms with Crippen LogP contribution in [0.25, 0.3) is 0 Å². The first-order chi connectivity index (χ1) is 13.7. The van der Waals surface area contributed by atoms with E-state index in [-0.39, 0.29) is 12.5 Å². The molecule has 0 aliphatic heterocycles. The summed E-state index contributed by atoms with van der Waals surface area (Å²) in [4.78, 5) is 24.6. The Morgan fingerprint density at radius 3 is 2.04 bits per heavy atom. The number of ether oxygens (including phenoxy) is 1. The molecule has 6 heteroatoms. The van der Waals surface area contributed by atoms with E-state index in [2.05, 4.69) is 16.0 Å². The largest absolute Gasteiger partial charge is 0.444 e. The van der Waals surface area contributed by atoms with Gasteiger partial charge in [0.25, 0.3) is 5.91 Å². The van der Waals surface area contributed by atoms with E-state index in [0.717, 1.165) is 11.3 Å². The SMILES string of the molecule is CNc1ccc(C(=O)Nc2ccccc2NC(=O)OCc2ccccc2)cc1. The van der Waals surface area contributed by atoms with Gasteiger partial charge in [0.2, 0.25) is 0 Å². The van der Waals surface area contributed by atoms with Crippen molar-refractivity contribution in [3.8, 4) is 0 Å². The third-order valence-corrected chi connectivity index (χ3v) is 4.06. The topological polar surface area (TPSA) is 79.5 Å². The van der Waals surface area contributed by atoms with E-state index in [0.29, 0.717) is 16.9 Å². The van der Waals surface area contributed by atoms with Crippen LogP contribution in [0.1, 0.15) is 15.9 Å². The van der Waals surface area contributed by atoms with Crippen LogP contribution in [0.3, 0.4) is 0 Å². The maximum Gasteiger partial charge on any atom is 0.412 e. The second-order valence-corrected chi connectivity index (χ2v) is 6.01. The predicted molar refractivity (Wildman–Crippen MR) is 111 cm³/mol. The summed E-state index contributed by atoms with van der Waals surface area (Å²) in [6.45, 7) is 0.166. The van der Waals surface area contributed by atoms with Crippen molar-refractivity contribution in [2.24, 2.45) is 0 Å². The lowest BCUT2D eigenvalue weighted by Gasteiger charge is -2.13. The number of amides is 2. The van der Waals surface area contributed by atoms with E-state index in [1.54, 1.807) is 36.4 Å². The van der Waals surface area contributed by atoms with Gasteiger partial charge in [0.05, 0.1) is 11.4 Å². The Bertz CT molecular complexity index is 941. The number of benzene rings is 3. The molecule has 0 unspecified atom stereocenters. The highest BCUT2D eigenvalue weighted by atomic mass is 16.5. The highest BCUT2D eigenvalue weighted by molar-refractivity contribution is 6.07. The van der Waals surface area contributed by atoms with E-state index in [4.69, 9.17) is 4.74 Å². The van der Waals surface area contributed by atoms with Crippen LogP contribution in [0.15, 0.2) is 78.9 Å². The molecular weight excluding hydrogens is 354 g/mol. The van der Waals surface area contributed by atoms with Crippen molar-refractivity contribution < 1.29 is 14.3 Å². The lowest BCUT2D eigenvalue weighted by molar-refractivity contribution is 0.102. The third kappa shape index (κ3) is 5.11. The predicted octanol–water partition coefficient (Wildman–Crippen LogP) is 4.73. The molecule has 0 aliphatic rings. The molecule has 3 aromatic rings. The molecule has 28 heavy (non-hydrogen) atoms. The minimum Gasteiger partial charge on any atom is -0.444 e. The molecule has 0 saturated carbocycles. The summed E-state index contributed by atoms with van der Waals surface area (Å²) in [5.41, 5.74) is 3.27. The first-order valence-corrected chi connectivity index (χ1v) is 8.81. The minimum absolute atomic E-state index is 0.166. The van der Waals surface area contributed by atoms with Crippen LogP contribution in [0.4, 0.5) is 21.9 Å². The van der Waals surface area contributed by atoms with Gasteiger partial charge >= 0.3 is 6.09 Å². The van der Waals surface area contributed by atoms with Crippen LogP contribution >= 0.6 is 0 Å². The summed E-state index contributed by atoms with van der Waals surface area (Å²) in [6, 6.07) is 23.5. The molecule has 0 atom stereocenters. The highest BCUT2D eigenvalue weighted by Gasteiger charge is 2.11. The Labute approximate surface area is 163 Å². The van der Waals surface area contributed by atoms with Gasteiger partial charge in [-0.1, -0.05) is 42.5 Å². The molecule has 142 valence electrons. The monoisotopic (exact) mass is 375 g/mol. The summed E-state index contributed by atoms with van der Waals surface area (Å²) in [6.07, 6.45) is -0.594. The van der Waals surface area contributed by atoms with Gasteiger partial charge in [-0.3, -0.25) is 10.1 Å². The Morgan fingerprint density at radius 2 is 1.39 bits per heavy atom. The summed E-state index contributed by atoms with van der Waals surface area (Å²) < 4.78 is 5.23. The van der Waals surface area contributed by atoms with E-state index >= 15 is 0 Å². The maximum absolute atomic E-state index is 12.5. The average molecular weight is 375 g/mol. The van der Waals surface area contributed by atoms with Crippen LogP contribution in [0, 0.1) is 0 Å². The van der Waals surface area contributed by atoms with Crippen LogP contribution in [0.5, 0.6) is 0 Å². The van der Waals surface area contributed by atoms with E-state index in [1.807, 2.05) is 49.5 Å². The lowest BCUT2D eigenvalue weighted by Crippen LogP contribution is -2.17. The van der Waals surface area contributed by atoms with Crippen molar-refractivity contribution in [2.75, 3.05) is 23.0 Å². The lowest BCUT2D eigenvalue weighted by atomic mass is 10.2. The van der Waals surface area contributed by atoms with Gasteiger partial charge in [-0.25, -0.2) is 4.79 Å². The molecule has 0 saturated heterocycles. The second-order valence-electron chi connectivity index (χ2n) is 6.01. The van der Waals surface area contributed by atoms with Crippen LogP contribution in [-0.4, -0.2) is 19.0 Å². The quantitative estimate of drug-likeness (QED) is 0.582. The first-order valence-electron chi connectivity index (χ1n) is 8.81. The Balaban J connectivity index is 1.63. The van der Waals surface area contributed by atoms with Gasteiger partial charge in [-0.05, 0) is 42.0 Å². The Morgan fingerprint density at radius 1 is 0.786 bits per heavy atom. The van der Waals surface area contributed by atoms with Crippen molar-refractivity contribution in [3.63, 3.8) is 0 Å². The molecule has 0 bridgehead atoms. The molecule has 0 radical (unpaired) electrons. The van der Waals surface area contributed by atoms with Gasteiger partial charge in [-0.2, -0.15) is 0 Å². The molecule has 3 N–H and O–H groups in total. The van der Waals surface area contributed by atoms with Crippen LogP contribution in [0.2, 0.25) is 0 Å². The highest BCUT2D eigenvalue weighted by Crippen LogP contribution is 2.22. The number of carbonyl (C=O) groups excluding carboxylic acids is 2. The first kappa shape index (κ1) is 19.0. The van der Waals surface area contributed by atoms with Crippen molar-refractivity contribution in [1.29, 1.82) is 0 Å². The number of carbonyl (C=O) groups is 2. The maximum atomic E-state index is 12.5. The molecule has 6 nitrogen and oxygen atoms in total. The molecule has 0 fully saturated rings. The fraction of sp³-hybridized carbons (Fsp3) is 0.0909. The average Bonchev–Trinajstić information content (AvgIpc) is 2.74. The van der Waals surface area contributed by atoms with E-state index in [9.17, 15) is 9.59 Å². The van der Waals surface area contributed by atoms with Crippen LogP contribution < -0.4 is 16.0 Å². The van der Waals surface area contributed by atoms with Gasteiger partial charge < -0.3 is 15.4 Å². The second kappa shape index (κ2) is 9.23. The molecular formula is C22H21N3O3. The van der Waals surface area contributed by atoms with E-state index in [1.165, 1.54) is 0 Å². The number of hydrogen-bond donors (Lipinski definition) is 3. The molecule has 0 spiro atoms. The zero-order valence-electron chi connectivity index (χ0n) is 15.4. The number of nitrogens with one attached hydrogen (secondary N) is 3. The molecule has 0 heterocycles. The zero-order chi connectivity index (χ0) is 19.8. The molecule has 0 aliphatic carbocycles. The van der Waals surface area contributed by atoms with Gasteiger partial charge in [0.1, 0.15) is 6.61 Å². The molecule has 0 aromatic heterocycles. The van der Waals surface area contributed by atoms with Gasteiger partial charge in [-0.15, -0.1) is 0 Å². The fourth-order valence-corrected chi connectivity index (χ4v) is 2.55.